The maximum absolute atomic E-state index is 11.7. The number of nitrogens with one attached hydrogen (secondary N) is 2. The molecule has 3 N–H and O–H groups in total. The highest BCUT2D eigenvalue weighted by atomic mass is 35.5. The molecule has 1 aromatic rings. The molecule has 6 nitrogen and oxygen atoms in total. The average Bonchev–Trinajstić information content (AvgIpc) is 2.38. The first kappa shape index (κ1) is 17.7. The summed E-state index contributed by atoms with van der Waals surface area (Å²) >= 11 is 11.6. The minimum absolute atomic E-state index is 0.0766. The molecule has 0 bridgehead atoms. The number of halogens is 2. The lowest BCUT2D eigenvalue weighted by atomic mass is 10.2. The number of carboxylic acids is 1. The number of urea groups is 1. The molecule has 1 rings (SSSR count). The molecule has 0 aromatic heterocycles. The van der Waals surface area contributed by atoms with E-state index in [0.717, 1.165) is 0 Å². The minimum atomic E-state index is -1.19. The van der Waals surface area contributed by atoms with E-state index in [1.165, 1.54) is 24.5 Å². The Hall–Kier alpha value is -1.31. The molecule has 116 valence electrons. The predicted molar refractivity (Wildman–Crippen MR) is 83.6 cm³/mol. The number of carbonyl (C=O) groups excluding carboxylic acids is 1. The van der Waals surface area contributed by atoms with Gasteiger partial charge >= 0.3 is 12.0 Å². The number of benzene rings is 1. The second kappa shape index (κ2) is 8.21. The second-order valence-electron chi connectivity index (χ2n) is 4.18. The van der Waals surface area contributed by atoms with Crippen molar-refractivity contribution in [1.82, 2.24) is 5.32 Å². The maximum atomic E-state index is 11.7. The molecular formula is C12H14Cl2N2O4S. The molecule has 0 spiro atoms. The summed E-state index contributed by atoms with van der Waals surface area (Å²) in [7, 11) is -1.13. The van der Waals surface area contributed by atoms with Crippen LogP contribution in [0.2, 0.25) is 10.0 Å². The van der Waals surface area contributed by atoms with Crippen LogP contribution in [0.4, 0.5) is 10.5 Å². The van der Waals surface area contributed by atoms with E-state index < -0.39 is 28.8 Å². The molecule has 0 fully saturated rings. The number of carboxylic acid groups (broad SMARTS) is 1. The van der Waals surface area contributed by atoms with Crippen LogP contribution in [0.5, 0.6) is 0 Å². The molecular weight excluding hydrogens is 339 g/mol. The number of carbonyl (C=O) groups is 2. The van der Waals surface area contributed by atoms with Gasteiger partial charge in [0.15, 0.2) is 0 Å². The first-order valence-corrected chi connectivity index (χ1v) is 8.33. The summed E-state index contributed by atoms with van der Waals surface area (Å²) in [5.74, 6) is -1.01. The Morgan fingerprint density at radius 3 is 2.52 bits per heavy atom. The number of hydrogen-bond donors (Lipinski definition) is 3. The highest BCUT2D eigenvalue weighted by molar-refractivity contribution is 7.84. The van der Waals surface area contributed by atoms with Gasteiger partial charge in [0.25, 0.3) is 0 Å². The first-order chi connectivity index (χ1) is 9.79. The third kappa shape index (κ3) is 6.33. The van der Waals surface area contributed by atoms with Crippen LogP contribution in [0.3, 0.4) is 0 Å². The lowest BCUT2D eigenvalue weighted by Crippen LogP contribution is -2.43. The minimum Gasteiger partial charge on any atom is -0.480 e. The zero-order valence-electron chi connectivity index (χ0n) is 11.1. The normalized spacial score (nSPS) is 13.3. The van der Waals surface area contributed by atoms with E-state index in [1.54, 1.807) is 0 Å². The van der Waals surface area contributed by atoms with E-state index in [0.29, 0.717) is 10.7 Å². The summed E-state index contributed by atoms with van der Waals surface area (Å²) in [6.45, 7) is 0. The second-order valence-corrected chi connectivity index (χ2v) is 6.55. The van der Waals surface area contributed by atoms with Crippen molar-refractivity contribution >= 4 is 51.7 Å². The van der Waals surface area contributed by atoms with E-state index in [2.05, 4.69) is 10.6 Å². The Morgan fingerprint density at radius 1 is 1.33 bits per heavy atom. The summed E-state index contributed by atoms with van der Waals surface area (Å²) in [6.07, 6.45) is 1.54. The smallest absolute Gasteiger partial charge is 0.326 e. The molecule has 1 aromatic carbocycles. The summed E-state index contributed by atoms with van der Waals surface area (Å²) < 4.78 is 11.0. The fourth-order valence-corrected chi connectivity index (χ4v) is 2.31. The van der Waals surface area contributed by atoms with E-state index in [-0.39, 0.29) is 17.2 Å². The van der Waals surface area contributed by atoms with Gasteiger partial charge in [-0.05, 0) is 24.6 Å². The van der Waals surface area contributed by atoms with E-state index >= 15 is 0 Å². The fourth-order valence-electron chi connectivity index (χ4n) is 1.44. The Balaban J connectivity index is 2.62. The van der Waals surface area contributed by atoms with Crippen molar-refractivity contribution in [1.29, 1.82) is 0 Å². The summed E-state index contributed by atoms with van der Waals surface area (Å²) in [5.41, 5.74) is 0.380. The zero-order valence-corrected chi connectivity index (χ0v) is 13.4. The quantitative estimate of drug-likeness (QED) is 0.731. The lowest BCUT2D eigenvalue weighted by molar-refractivity contribution is -0.139. The molecule has 0 radical (unpaired) electrons. The van der Waals surface area contributed by atoms with Crippen molar-refractivity contribution < 1.29 is 18.9 Å². The molecule has 0 aliphatic heterocycles. The average molecular weight is 353 g/mol. The van der Waals surface area contributed by atoms with Crippen molar-refractivity contribution in [3.8, 4) is 0 Å². The molecule has 0 heterocycles. The van der Waals surface area contributed by atoms with Crippen LogP contribution in [0.15, 0.2) is 18.2 Å². The van der Waals surface area contributed by atoms with Crippen LogP contribution in [-0.2, 0) is 15.6 Å². The van der Waals surface area contributed by atoms with Crippen molar-refractivity contribution in [2.75, 3.05) is 17.3 Å². The van der Waals surface area contributed by atoms with Gasteiger partial charge in [0.1, 0.15) is 6.04 Å². The van der Waals surface area contributed by atoms with Gasteiger partial charge in [0.05, 0.1) is 10.0 Å². The van der Waals surface area contributed by atoms with Gasteiger partial charge in [-0.3, -0.25) is 4.21 Å². The number of rotatable bonds is 6. The van der Waals surface area contributed by atoms with Crippen LogP contribution in [0.25, 0.3) is 0 Å². The predicted octanol–water partition coefficient (Wildman–Crippen LogP) is 2.34. The number of hydrogen-bond acceptors (Lipinski definition) is 3. The topological polar surface area (TPSA) is 95.5 Å². The molecule has 0 saturated heterocycles. The molecule has 2 atom stereocenters. The van der Waals surface area contributed by atoms with Crippen molar-refractivity contribution in [3.05, 3.63) is 28.2 Å². The standard InChI is InChI=1S/C12H14Cl2N2O4S/c1-21(20)5-4-10(11(17)18)16-12(19)15-7-2-3-8(13)9(14)6-7/h2-3,6,10H,4-5H2,1H3,(H,17,18)(H2,15,16,19)/t10-,21-/m1/s1. The Bertz CT molecular complexity index is 568. The highest BCUT2D eigenvalue weighted by Gasteiger charge is 2.20. The van der Waals surface area contributed by atoms with Gasteiger partial charge in [-0.25, -0.2) is 9.59 Å². The largest absolute Gasteiger partial charge is 0.480 e. The van der Waals surface area contributed by atoms with Crippen LogP contribution < -0.4 is 10.6 Å². The van der Waals surface area contributed by atoms with Crippen LogP contribution in [0, 0.1) is 0 Å². The Kier molecular flexibility index (Phi) is 6.94. The Morgan fingerprint density at radius 2 is 2.00 bits per heavy atom. The number of amides is 2. The molecule has 2 amide bonds. The summed E-state index contributed by atoms with van der Waals surface area (Å²) in [4.78, 5) is 22.7. The highest BCUT2D eigenvalue weighted by Crippen LogP contribution is 2.24. The van der Waals surface area contributed by atoms with Crippen molar-refractivity contribution in [3.63, 3.8) is 0 Å². The molecule has 0 aliphatic carbocycles. The van der Waals surface area contributed by atoms with Gasteiger partial charge in [-0.1, -0.05) is 23.2 Å². The van der Waals surface area contributed by atoms with Crippen molar-refractivity contribution in [2.24, 2.45) is 0 Å². The molecule has 0 aliphatic rings. The van der Waals surface area contributed by atoms with Gasteiger partial charge in [0, 0.05) is 28.5 Å². The molecule has 21 heavy (non-hydrogen) atoms. The van der Waals surface area contributed by atoms with Gasteiger partial charge in [-0.15, -0.1) is 0 Å². The summed E-state index contributed by atoms with van der Waals surface area (Å²) in [5, 5.41) is 14.4. The maximum Gasteiger partial charge on any atom is 0.326 e. The van der Waals surface area contributed by atoms with E-state index in [4.69, 9.17) is 28.3 Å². The van der Waals surface area contributed by atoms with Crippen LogP contribution in [0.1, 0.15) is 6.42 Å². The fraction of sp³-hybridized carbons (Fsp3) is 0.333. The number of aliphatic carboxylic acids is 1. The van der Waals surface area contributed by atoms with Crippen molar-refractivity contribution in [2.45, 2.75) is 12.5 Å². The first-order valence-electron chi connectivity index (χ1n) is 5.85. The zero-order chi connectivity index (χ0) is 16.0. The van der Waals surface area contributed by atoms with Gasteiger partial charge in [-0.2, -0.15) is 0 Å². The molecule has 9 heteroatoms. The van der Waals surface area contributed by atoms with E-state index in [9.17, 15) is 13.8 Å². The SMILES string of the molecule is C[S@@](=O)CC[C@@H](NC(=O)Nc1ccc(Cl)c(Cl)c1)C(=O)O. The number of anilines is 1. The molecule has 0 unspecified atom stereocenters. The third-order valence-electron chi connectivity index (χ3n) is 2.47. The Labute approximate surface area is 134 Å². The molecule has 0 saturated carbocycles. The monoisotopic (exact) mass is 352 g/mol. The third-order valence-corrected chi connectivity index (χ3v) is 4.02. The van der Waals surface area contributed by atoms with Crippen LogP contribution in [-0.4, -0.2) is 39.4 Å². The van der Waals surface area contributed by atoms with Crippen LogP contribution >= 0.6 is 23.2 Å². The van der Waals surface area contributed by atoms with Gasteiger partial charge < -0.3 is 15.7 Å². The van der Waals surface area contributed by atoms with E-state index in [1.807, 2.05) is 0 Å². The van der Waals surface area contributed by atoms with Gasteiger partial charge in [0.2, 0.25) is 0 Å². The lowest BCUT2D eigenvalue weighted by Gasteiger charge is -2.14. The summed E-state index contributed by atoms with van der Waals surface area (Å²) in [6, 6.07) is 2.68.